The van der Waals surface area contributed by atoms with E-state index in [9.17, 15) is 18.0 Å². The van der Waals surface area contributed by atoms with Crippen LogP contribution in [0.25, 0.3) is 0 Å². The van der Waals surface area contributed by atoms with Crippen molar-refractivity contribution < 1.29 is 18.0 Å². The van der Waals surface area contributed by atoms with Crippen LogP contribution in [0.5, 0.6) is 0 Å². The minimum absolute atomic E-state index is 0.104. The lowest BCUT2D eigenvalue weighted by atomic mass is 9.95. The third-order valence-corrected chi connectivity index (χ3v) is 5.88. The highest BCUT2D eigenvalue weighted by atomic mass is 19.4. The SMILES string of the molecule is Cc1nc2c(c(N3CCC(NC(=O)Nc4ccccc4C(F)(F)F)CC3)n1)CCCC2. The van der Waals surface area contributed by atoms with Gasteiger partial charge in [-0.05, 0) is 57.6 Å². The van der Waals surface area contributed by atoms with Crippen molar-refractivity contribution in [2.75, 3.05) is 23.3 Å². The van der Waals surface area contributed by atoms with Crippen LogP contribution in [-0.2, 0) is 19.0 Å². The number of aryl methyl sites for hydroxylation is 2. The van der Waals surface area contributed by atoms with Gasteiger partial charge in [-0.3, -0.25) is 0 Å². The number of piperidine rings is 1. The summed E-state index contributed by atoms with van der Waals surface area (Å²) in [5.41, 5.74) is 1.29. The van der Waals surface area contributed by atoms with E-state index in [4.69, 9.17) is 4.98 Å². The molecular formula is C22H26F3N5O. The molecule has 0 saturated carbocycles. The highest BCUT2D eigenvalue weighted by Crippen LogP contribution is 2.34. The quantitative estimate of drug-likeness (QED) is 0.749. The molecule has 0 spiro atoms. The molecule has 6 nitrogen and oxygen atoms in total. The summed E-state index contributed by atoms with van der Waals surface area (Å²) in [6.45, 7) is 3.37. The summed E-state index contributed by atoms with van der Waals surface area (Å²) >= 11 is 0. The minimum atomic E-state index is -4.52. The fourth-order valence-electron chi connectivity index (χ4n) is 4.38. The number of para-hydroxylation sites is 1. The van der Waals surface area contributed by atoms with Gasteiger partial charge in [0.2, 0.25) is 0 Å². The topological polar surface area (TPSA) is 70.2 Å². The number of carbonyl (C=O) groups is 1. The second kappa shape index (κ2) is 8.72. The van der Waals surface area contributed by atoms with Crippen LogP contribution < -0.4 is 15.5 Å². The summed E-state index contributed by atoms with van der Waals surface area (Å²) in [5, 5.41) is 5.17. The summed E-state index contributed by atoms with van der Waals surface area (Å²) < 4.78 is 39.4. The molecule has 1 aromatic carbocycles. The molecule has 2 heterocycles. The molecule has 166 valence electrons. The predicted octanol–water partition coefficient (Wildman–Crippen LogP) is 4.47. The van der Waals surface area contributed by atoms with Crippen LogP contribution in [0.15, 0.2) is 24.3 Å². The molecule has 1 aliphatic heterocycles. The van der Waals surface area contributed by atoms with Gasteiger partial charge in [0.1, 0.15) is 11.6 Å². The van der Waals surface area contributed by atoms with Gasteiger partial charge in [0.05, 0.1) is 11.3 Å². The molecule has 4 rings (SSSR count). The molecule has 2 amide bonds. The number of nitrogens with zero attached hydrogens (tertiary/aromatic N) is 3. The van der Waals surface area contributed by atoms with Crippen molar-refractivity contribution in [2.24, 2.45) is 0 Å². The first-order valence-electron chi connectivity index (χ1n) is 10.7. The van der Waals surface area contributed by atoms with Crippen LogP contribution in [0.1, 0.15) is 48.3 Å². The number of benzene rings is 1. The first-order valence-corrected chi connectivity index (χ1v) is 10.7. The van der Waals surface area contributed by atoms with Crippen LogP contribution in [0.3, 0.4) is 0 Å². The Bertz CT molecular complexity index is 955. The van der Waals surface area contributed by atoms with E-state index in [0.717, 1.165) is 62.2 Å². The van der Waals surface area contributed by atoms with Crippen LogP contribution in [-0.4, -0.2) is 35.1 Å². The standard InChI is InChI=1S/C22H26F3N5O/c1-14-26-18-8-4-2-6-16(18)20(27-14)30-12-10-15(11-13-30)28-21(31)29-19-9-5-3-7-17(19)22(23,24)25/h3,5,7,9,15H,2,4,6,8,10-13H2,1H3,(H2,28,29,31). The summed E-state index contributed by atoms with van der Waals surface area (Å²) in [6, 6.07) is 4.26. The van der Waals surface area contributed by atoms with Crippen LogP contribution in [0, 0.1) is 6.92 Å². The maximum Gasteiger partial charge on any atom is 0.418 e. The van der Waals surface area contributed by atoms with Gasteiger partial charge in [-0.1, -0.05) is 12.1 Å². The number of nitrogens with one attached hydrogen (secondary N) is 2. The number of alkyl halides is 3. The van der Waals surface area contributed by atoms with Crippen LogP contribution in [0.2, 0.25) is 0 Å². The lowest BCUT2D eigenvalue weighted by Gasteiger charge is -2.35. The number of anilines is 2. The van der Waals surface area contributed by atoms with Crippen LogP contribution in [0.4, 0.5) is 29.5 Å². The lowest BCUT2D eigenvalue weighted by molar-refractivity contribution is -0.136. The molecule has 1 fully saturated rings. The third kappa shape index (κ3) is 4.91. The molecule has 0 atom stereocenters. The van der Waals surface area contributed by atoms with Crippen molar-refractivity contribution >= 4 is 17.5 Å². The molecule has 2 aromatic rings. The molecule has 0 bridgehead atoms. The summed E-state index contributed by atoms with van der Waals surface area (Å²) in [6.07, 6.45) is 1.15. The highest BCUT2D eigenvalue weighted by molar-refractivity contribution is 5.90. The van der Waals surface area contributed by atoms with E-state index in [1.54, 1.807) is 0 Å². The van der Waals surface area contributed by atoms with Gasteiger partial charge in [-0.15, -0.1) is 0 Å². The average Bonchev–Trinajstić information content (AvgIpc) is 2.73. The van der Waals surface area contributed by atoms with Gasteiger partial charge in [-0.25, -0.2) is 14.8 Å². The van der Waals surface area contributed by atoms with Gasteiger partial charge >= 0.3 is 12.2 Å². The molecule has 9 heteroatoms. The Morgan fingerprint density at radius 3 is 2.55 bits per heavy atom. The van der Waals surface area contributed by atoms with Gasteiger partial charge in [-0.2, -0.15) is 13.2 Å². The van der Waals surface area contributed by atoms with Crippen molar-refractivity contribution in [3.05, 3.63) is 46.9 Å². The Kier molecular flexibility index (Phi) is 6.02. The van der Waals surface area contributed by atoms with E-state index in [1.807, 2.05) is 6.92 Å². The number of aromatic nitrogens is 2. The zero-order valence-corrected chi connectivity index (χ0v) is 17.4. The number of hydrogen-bond acceptors (Lipinski definition) is 4. The number of amides is 2. The zero-order chi connectivity index (χ0) is 22.0. The Morgan fingerprint density at radius 2 is 1.81 bits per heavy atom. The van der Waals surface area contributed by atoms with E-state index >= 15 is 0 Å². The van der Waals surface area contributed by atoms with Gasteiger partial charge in [0, 0.05) is 30.4 Å². The maximum atomic E-state index is 13.1. The Labute approximate surface area is 179 Å². The zero-order valence-electron chi connectivity index (χ0n) is 17.4. The monoisotopic (exact) mass is 433 g/mol. The minimum Gasteiger partial charge on any atom is -0.356 e. The number of fused-ring (bicyclic) bond motifs is 1. The lowest BCUT2D eigenvalue weighted by Crippen LogP contribution is -2.46. The smallest absolute Gasteiger partial charge is 0.356 e. The van der Waals surface area contributed by atoms with E-state index < -0.39 is 17.8 Å². The number of hydrogen-bond donors (Lipinski definition) is 2. The van der Waals surface area contributed by atoms with Crippen molar-refractivity contribution in [1.82, 2.24) is 15.3 Å². The van der Waals surface area contributed by atoms with Gasteiger partial charge in [0.25, 0.3) is 0 Å². The number of halogens is 3. The molecule has 0 radical (unpaired) electrons. The largest absolute Gasteiger partial charge is 0.418 e. The fraction of sp³-hybridized carbons (Fsp3) is 0.500. The Hall–Kier alpha value is -2.84. The highest BCUT2D eigenvalue weighted by Gasteiger charge is 2.34. The van der Waals surface area contributed by atoms with Crippen LogP contribution >= 0.6 is 0 Å². The van der Waals surface area contributed by atoms with Crippen molar-refractivity contribution in [1.29, 1.82) is 0 Å². The van der Waals surface area contributed by atoms with Crippen molar-refractivity contribution in [3.63, 3.8) is 0 Å². The third-order valence-electron chi connectivity index (χ3n) is 5.88. The Balaban J connectivity index is 1.36. The molecule has 1 aliphatic carbocycles. The number of rotatable bonds is 3. The van der Waals surface area contributed by atoms with E-state index in [2.05, 4.69) is 20.5 Å². The normalized spacial score (nSPS) is 17.2. The van der Waals surface area contributed by atoms with Gasteiger partial charge < -0.3 is 15.5 Å². The molecule has 0 unspecified atom stereocenters. The molecular weight excluding hydrogens is 407 g/mol. The maximum absolute atomic E-state index is 13.1. The van der Waals surface area contributed by atoms with E-state index in [-0.39, 0.29) is 11.7 Å². The fourth-order valence-corrected chi connectivity index (χ4v) is 4.38. The second-order valence-electron chi connectivity index (χ2n) is 8.13. The van der Waals surface area contributed by atoms with E-state index in [1.165, 1.54) is 23.8 Å². The first-order chi connectivity index (χ1) is 14.8. The molecule has 1 saturated heterocycles. The summed E-state index contributed by atoms with van der Waals surface area (Å²) in [4.78, 5) is 23.9. The summed E-state index contributed by atoms with van der Waals surface area (Å²) in [7, 11) is 0. The van der Waals surface area contributed by atoms with E-state index in [0.29, 0.717) is 12.8 Å². The average molecular weight is 433 g/mol. The molecule has 2 aliphatic rings. The summed E-state index contributed by atoms with van der Waals surface area (Å²) in [5.74, 6) is 1.78. The predicted molar refractivity (Wildman–Crippen MR) is 112 cm³/mol. The second-order valence-corrected chi connectivity index (χ2v) is 8.13. The van der Waals surface area contributed by atoms with Gasteiger partial charge in [0.15, 0.2) is 0 Å². The number of urea groups is 1. The molecule has 1 aromatic heterocycles. The van der Waals surface area contributed by atoms with Crippen molar-refractivity contribution in [2.45, 2.75) is 57.7 Å². The van der Waals surface area contributed by atoms with Crippen molar-refractivity contribution in [3.8, 4) is 0 Å². The molecule has 2 N–H and O–H groups in total. The first kappa shape index (κ1) is 21.4. The Morgan fingerprint density at radius 1 is 1.10 bits per heavy atom. The number of carbonyl (C=O) groups excluding carboxylic acids is 1. The molecule has 31 heavy (non-hydrogen) atoms.